The lowest BCUT2D eigenvalue weighted by Crippen LogP contribution is -2.44. The molecular formula is C14H18N2O. The van der Waals surface area contributed by atoms with Crippen LogP contribution in [0.2, 0.25) is 0 Å². The highest BCUT2D eigenvalue weighted by Gasteiger charge is 2.14. The molecule has 1 aliphatic heterocycles. The van der Waals surface area contributed by atoms with Gasteiger partial charge in [-0.15, -0.1) is 0 Å². The molecule has 1 aromatic rings. The highest BCUT2D eigenvalue weighted by Crippen LogP contribution is 2.20. The van der Waals surface area contributed by atoms with Crippen molar-refractivity contribution in [3.8, 4) is 18.2 Å². The molecule has 0 saturated carbocycles. The molecule has 0 aliphatic carbocycles. The van der Waals surface area contributed by atoms with Crippen LogP contribution in [0.25, 0.3) is 0 Å². The van der Waals surface area contributed by atoms with E-state index in [0.29, 0.717) is 6.61 Å². The summed E-state index contributed by atoms with van der Waals surface area (Å²) < 4.78 is 5.43. The molecule has 0 radical (unpaired) electrons. The van der Waals surface area contributed by atoms with Crippen molar-refractivity contribution in [1.29, 1.82) is 0 Å². The summed E-state index contributed by atoms with van der Waals surface area (Å²) in [5, 5.41) is 0. The first kappa shape index (κ1) is 11.7. The molecule has 0 unspecified atom stereocenters. The van der Waals surface area contributed by atoms with E-state index in [9.17, 15) is 0 Å². The number of ether oxygens (including phenoxy) is 1. The van der Waals surface area contributed by atoms with E-state index < -0.39 is 0 Å². The quantitative estimate of drug-likeness (QED) is 0.736. The summed E-state index contributed by atoms with van der Waals surface area (Å²) in [7, 11) is 0. The lowest BCUT2D eigenvalue weighted by molar-refractivity contribution is 0.340. The first-order valence-corrected chi connectivity index (χ1v) is 6.02. The Morgan fingerprint density at radius 3 is 2.35 bits per heavy atom. The number of terminal acetylenes is 1. The molecule has 1 heterocycles. The third-order valence-electron chi connectivity index (χ3n) is 2.98. The van der Waals surface area contributed by atoms with Gasteiger partial charge in [-0.25, -0.2) is 0 Å². The molecule has 1 fully saturated rings. The fourth-order valence-corrected chi connectivity index (χ4v) is 2.01. The highest BCUT2D eigenvalue weighted by atomic mass is 16.5. The lowest BCUT2D eigenvalue weighted by Gasteiger charge is -2.34. The van der Waals surface area contributed by atoms with Gasteiger partial charge >= 0.3 is 0 Å². The smallest absolute Gasteiger partial charge is 0.119 e. The molecule has 1 aromatic carbocycles. The minimum atomic E-state index is 0.709. The van der Waals surface area contributed by atoms with Gasteiger partial charge < -0.3 is 14.5 Å². The third kappa shape index (κ3) is 2.85. The second-order valence-electron chi connectivity index (χ2n) is 4.03. The van der Waals surface area contributed by atoms with Crippen LogP contribution in [0.1, 0.15) is 6.92 Å². The van der Waals surface area contributed by atoms with Gasteiger partial charge in [0.25, 0.3) is 0 Å². The Balaban J connectivity index is 1.97. The van der Waals surface area contributed by atoms with Crippen LogP contribution < -0.4 is 9.64 Å². The number of piperazine rings is 1. The normalized spacial score (nSPS) is 15.5. The van der Waals surface area contributed by atoms with Crippen LogP contribution >= 0.6 is 0 Å². The highest BCUT2D eigenvalue weighted by molar-refractivity contribution is 5.49. The SMILES string of the molecule is C#CN1CCN(c2ccc(OCC)cc2)CC1. The average molecular weight is 230 g/mol. The van der Waals surface area contributed by atoms with E-state index in [4.69, 9.17) is 11.2 Å². The Hall–Kier alpha value is -1.82. The van der Waals surface area contributed by atoms with Crippen LogP contribution in [-0.2, 0) is 0 Å². The van der Waals surface area contributed by atoms with Crippen molar-refractivity contribution in [2.75, 3.05) is 37.7 Å². The van der Waals surface area contributed by atoms with Gasteiger partial charge in [0.05, 0.1) is 6.61 Å². The van der Waals surface area contributed by atoms with Gasteiger partial charge in [0.15, 0.2) is 0 Å². The Morgan fingerprint density at radius 2 is 1.82 bits per heavy atom. The van der Waals surface area contributed by atoms with Crippen molar-refractivity contribution < 1.29 is 4.74 Å². The fraction of sp³-hybridized carbons (Fsp3) is 0.429. The molecule has 0 bridgehead atoms. The van der Waals surface area contributed by atoms with Crippen LogP contribution in [0.5, 0.6) is 5.75 Å². The molecule has 0 N–H and O–H groups in total. The summed E-state index contributed by atoms with van der Waals surface area (Å²) in [6.45, 7) is 6.54. The van der Waals surface area contributed by atoms with Gasteiger partial charge in [0.1, 0.15) is 5.75 Å². The Bertz CT molecular complexity index is 386. The first-order valence-electron chi connectivity index (χ1n) is 6.02. The van der Waals surface area contributed by atoms with Gasteiger partial charge in [-0.2, -0.15) is 0 Å². The van der Waals surface area contributed by atoms with Gasteiger partial charge in [-0.3, -0.25) is 0 Å². The zero-order chi connectivity index (χ0) is 12.1. The topological polar surface area (TPSA) is 15.7 Å². The monoisotopic (exact) mass is 230 g/mol. The third-order valence-corrected chi connectivity index (χ3v) is 2.98. The van der Waals surface area contributed by atoms with Crippen molar-refractivity contribution in [1.82, 2.24) is 4.90 Å². The molecule has 2 rings (SSSR count). The van der Waals surface area contributed by atoms with Gasteiger partial charge in [-0.1, -0.05) is 6.42 Å². The fourth-order valence-electron chi connectivity index (χ4n) is 2.01. The molecule has 0 aromatic heterocycles. The van der Waals surface area contributed by atoms with Crippen LogP contribution in [0.15, 0.2) is 24.3 Å². The maximum atomic E-state index is 5.43. The minimum absolute atomic E-state index is 0.709. The largest absolute Gasteiger partial charge is 0.494 e. The van der Waals surface area contributed by atoms with E-state index in [-0.39, 0.29) is 0 Å². The number of hydrogen-bond donors (Lipinski definition) is 0. The summed E-state index contributed by atoms with van der Waals surface area (Å²) >= 11 is 0. The molecular weight excluding hydrogens is 212 g/mol. The molecule has 0 amide bonds. The summed E-state index contributed by atoms with van der Waals surface area (Å²) in [4.78, 5) is 4.37. The van der Waals surface area contributed by atoms with E-state index in [1.165, 1.54) is 5.69 Å². The number of nitrogens with zero attached hydrogens (tertiary/aromatic N) is 2. The van der Waals surface area contributed by atoms with E-state index >= 15 is 0 Å². The summed E-state index contributed by atoms with van der Waals surface area (Å²) in [5.41, 5.74) is 1.24. The van der Waals surface area contributed by atoms with Gasteiger partial charge in [0.2, 0.25) is 0 Å². The molecule has 1 aliphatic rings. The van der Waals surface area contributed by atoms with Gasteiger partial charge in [-0.05, 0) is 31.2 Å². The second kappa shape index (κ2) is 5.49. The standard InChI is InChI=1S/C14H18N2O/c1-3-15-9-11-16(12-10-15)13-5-7-14(8-6-13)17-4-2/h1,5-8H,4,9-12H2,2H3. The molecule has 3 heteroatoms. The van der Waals surface area contributed by atoms with E-state index in [2.05, 4.69) is 23.1 Å². The second-order valence-corrected chi connectivity index (χ2v) is 4.03. The molecule has 1 saturated heterocycles. The van der Waals surface area contributed by atoms with Gasteiger partial charge in [0, 0.05) is 37.9 Å². The number of hydrogen-bond acceptors (Lipinski definition) is 3. The van der Waals surface area contributed by atoms with E-state index in [1.54, 1.807) is 0 Å². The first-order chi connectivity index (χ1) is 8.33. The predicted octanol–water partition coefficient (Wildman–Crippen LogP) is 1.80. The number of rotatable bonds is 3. The van der Waals surface area contributed by atoms with Crippen molar-refractivity contribution in [2.24, 2.45) is 0 Å². The molecule has 17 heavy (non-hydrogen) atoms. The van der Waals surface area contributed by atoms with E-state index in [1.807, 2.05) is 24.0 Å². The Labute approximate surface area is 103 Å². The number of benzene rings is 1. The Kier molecular flexibility index (Phi) is 3.77. The van der Waals surface area contributed by atoms with Crippen LogP contribution in [0.3, 0.4) is 0 Å². The maximum absolute atomic E-state index is 5.43. The lowest BCUT2D eigenvalue weighted by atomic mass is 10.2. The molecule has 3 nitrogen and oxygen atoms in total. The molecule has 90 valence electrons. The zero-order valence-electron chi connectivity index (χ0n) is 10.2. The maximum Gasteiger partial charge on any atom is 0.119 e. The molecule has 0 spiro atoms. The number of anilines is 1. The predicted molar refractivity (Wildman–Crippen MR) is 70.2 cm³/mol. The van der Waals surface area contributed by atoms with Crippen LogP contribution in [-0.4, -0.2) is 37.7 Å². The minimum Gasteiger partial charge on any atom is -0.494 e. The van der Waals surface area contributed by atoms with E-state index in [0.717, 1.165) is 31.9 Å². The summed E-state index contributed by atoms with van der Waals surface area (Å²) in [6, 6.07) is 10.9. The van der Waals surface area contributed by atoms with Crippen LogP contribution in [0.4, 0.5) is 5.69 Å². The molecule has 0 atom stereocenters. The van der Waals surface area contributed by atoms with Crippen molar-refractivity contribution >= 4 is 5.69 Å². The Morgan fingerprint density at radius 1 is 1.18 bits per heavy atom. The van der Waals surface area contributed by atoms with Crippen LogP contribution in [0, 0.1) is 12.5 Å². The summed E-state index contributed by atoms with van der Waals surface area (Å²) in [6.07, 6.45) is 5.38. The van der Waals surface area contributed by atoms with Crippen molar-refractivity contribution in [3.63, 3.8) is 0 Å². The zero-order valence-corrected chi connectivity index (χ0v) is 10.2. The van der Waals surface area contributed by atoms with Crippen molar-refractivity contribution in [3.05, 3.63) is 24.3 Å². The summed E-state index contributed by atoms with van der Waals surface area (Å²) in [5.74, 6) is 0.929. The average Bonchev–Trinajstić information content (AvgIpc) is 2.40. The van der Waals surface area contributed by atoms with Crippen molar-refractivity contribution in [2.45, 2.75) is 6.92 Å².